The summed E-state index contributed by atoms with van der Waals surface area (Å²) >= 11 is 0. The van der Waals surface area contributed by atoms with Crippen molar-refractivity contribution in [2.24, 2.45) is 0 Å². The number of rotatable bonds is 13. The van der Waals surface area contributed by atoms with E-state index in [4.69, 9.17) is 58.9 Å². The van der Waals surface area contributed by atoms with Crippen LogP contribution in [0.5, 0.6) is 17.2 Å². The second-order valence-electron chi connectivity index (χ2n) is 22.8. The number of carbonyl (C=O) groups is 6. The van der Waals surface area contributed by atoms with Crippen LogP contribution in [-0.4, -0.2) is 142 Å². The van der Waals surface area contributed by atoms with Gasteiger partial charge in [0.05, 0.1) is 31.3 Å². The summed E-state index contributed by atoms with van der Waals surface area (Å²) in [6.07, 6.45) is -6.06. The number of para-hydroxylation sites is 1. The van der Waals surface area contributed by atoms with Gasteiger partial charge < -0.3 is 42.6 Å². The first-order valence-corrected chi connectivity index (χ1v) is 24.4. The molecule has 25 heteroatoms. The van der Waals surface area contributed by atoms with E-state index in [1.165, 1.54) is 24.3 Å². The molecule has 426 valence electrons. The van der Waals surface area contributed by atoms with Gasteiger partial charge in [-0.05, 0) is 149 Å². The first-order valence-electron chi connectivity index (χ1n) is 24.4. The van der Waals surface area contributed by atoms with Gasteiger partial charge in [0.1, 0.15) is 59.2 Å². The monoisotopic (exact) mass is 1080 g/mol. The zero-order valence-corrected chi connectivity index (χ0v) is 47.6. The highest BCUT2D eigenvalue weighted by Crippen LogP contribution is 2.42. The lowest BCUT2D eigenvalue weighted by molar-refractivity contribution is 0.0320. The molecule has 0 aliphatic rings. The van der Waals surface area contributed by atoms with Crippen LogP contribution >= 0.6 is 0 Å². The van der Waals surface area contributed by atoms with E-state index in [0.29, 0.717) is 0 Å². The number of hydrogen-bond acceptors (Lipinski definition) is 19. The Morgan fingerprint density at radius 1 is 0.455 bits per heavy atom. The van der Waals surface area contributed by atoms with Crippen molar-refractivity contribution in [1.82, 2.24) is 30.7 Å². The van der Waals surface area contributed by atoms with Crippen molar-refractivity contribution in [1.29, 1.82) is 21.5 Å². The third kappa shape index (κ3) is 24.9. The van der Waals surface area contributed by atoms with Crippen LogP contribution in [0.4, 0.5) is 28.8 Å². The maximum atomic E-state index is 13.6. The fourth-order valence-electron chi connectivity index (χ4n) is 5.90. The molecule has 0 aliphatic heterocycles. The van der Waals surface area contributed by atoms with Crippen LogP contribution in [0.25, 0.3) is 11.1 Å². The SMILES string of the molecule is CC(C)(C)OC(=O)NC(=N)N(CCOc1ccc(C#N)cc1-c1cccc(OCCN(C(=N)NC(=O)OC(C)(C)C)C(=O)OC(C)(C)C)c1OCCN(C(=N)NC(=O)OC(C)(C)C)C(=O)OC(C)(C)C)C(=O)OC(C)(C)C. The molecule has 0 spiro atoms. The largest absolute Gasteiger partial charge is 0.491 e. The van der Waals surface area contributed by atoms with Crippen LogP contribution in [0.3, 0.4) is 0 Å². The smallest absolute Gasteiger partial charge is 0.417 e. The number of alkyl carbamates (subject to hydrolysis) is 3. The zero-order valence-electron chi connectivity index (χ0n) is 47.6. The van der Waals surface area contributed by atoms with Crippen LogP contribution in [0.1, 0.15) is 130 Å². The first kappa shape index (κ1) is 65.1. The maximum Gasteiger partial charge on any atom is 0.417 e. The van der Waals surface area contributed by atoms with Gasteiger partial charge in [0.15, 0.2) is 11.5 Å². The number of nitrogens with zero attached hydrogens (tertiary/aromatic N) is 4. The van der Waals surface area contributed by atoms with Gasteiger partial charge in [0.25, 0.3) is 0 Å². The molecule has 0 bridgehead atoms. The lowest BCUT2D eigenvalue weighted by Gasteiger charge is -2.29. The summed E-state index contributed by atoms with van der Waals surface area (Å²) in [5, 5.41) is 42.8. The van der Waals surface area contributed by atoms with E-state index in [2.05, 4.69) is 22.0 Å². The predicted molar refractivity (Wildman–Crippen MR) is 283 cm³/mol. The third-order valence-electron chi connectivity index (χ3n) is 8.59. The number of ether oxygens (including phenoxy) is 9. The molecule has 0 aliphatic carbocycles. The minimum absolute atomic E-state index is 0.00452. The molecule has 25 nitrogen and oxygen atoms in total. The average molecular weight is 1080 g/mol. The Morgan fingerprint density at radius 2 is 0.779 bits per heavy atom. The Bertz CT molecular complexity index is 2520. The molecule has 2 aromatic carbocycles. The van der Waals surface area contributed by atoms with Gasteiger partial charge in [0, 0.05) is 11.1 Å². The number of hydrogen-bond donors (Lipinski definition) is 6. The first-order chi connectivity index (χ1) is 35.1. The Kier molecular flexibility index (Phi) is 22.5. The van der Waals surface area contributed by atoms with Crippen molar-refractivity contribution >= 4 is 54.4 Å². The van der Waals surface area contributed by atoms with Crippen molar-refractivity contribution in [3.8, 4) is 34.4 Å². The van der Waals surface area contributed by atoms with Crippen LogP contribution < -0.4 is 30.2 Å². The standard InChI is InChI=1S/C52H78N10O15/c1-47(2,3)72-41(63)57-38(54)60(44(66)75-50(10,11)12)24-27-69-35-23-22-32(31-53)30-34(35)33-20-19-21-36(70-28-25-61(45(67)76-51(13,14)15)39(55)58-42(64)73-48(4,5)6)37(33)71-29-26-62(46(68)77-52(16,17)18)40(56)59-43(65)74-49(7,8)9/h19-23,30H,24-29H2,1-18H3,(H2,54,57,63)(H2,55,58,64)(H2,56,59,65). The fraction of sp³-hybridized carbons (Fsp3) is 0.577. The highest BCUT2D eigenvalue weighted by Gasteiger charge is 2.32. The number of benzene rings is 2. The molecule has 0 atom stereocenters. The zero-order chi connectivity index (χ0) is 59.1. The van der Waals surface area contributed by atoms with Gasteiger partial charge in [-0.25, -0.2) is 43.5 Å². The van der Waals surface area contributed by atoms with Gasteiger partial charge in [-0.3, -0.25) is 32.2 Å². The van der Waals surface area contributed by atoms with Crippen molar-refractivity contribution in [3.05, 3.63) is 42.0 Å². The highest BCUT2D eigenvalue weighted by molar-refractivity contribution is 6.01. The van der Waals surface area contributed by atoms with Crippen molar-refractivity contribution < 1.29 is 71.4 Å². The van der Waals surface area contributed by atoms with E-state index in [1.54, 1.807) is 137 Å². The summed E-state index contributed by atoms with van der Waals surface area (Å²) in [5.74, 6) is -2.02. The molecule has 0 heterocycles. The van der Waals surface area contributed by atoms with E-state index in [1.807, 2.05) is 0 Å². The lowest BCUT2D eigenvalue weighted by atomic mass is 10.0. The van der Waals surface area contributed by atoms with E-state index < -0.39 is 108 Å². The molecule has 2 aromatic rings. The van der Waals surface area contributed by atoms with Gasteiger partial charge in [-0.15, -0.1) is 0 Å². The number of nitrogens with one attached hydrogen (secondary N) is 6. The summed E-state index contributed by atoms with van der Waals surface area (Å²) < 4.78 is 51.4. The van der Waals surface area contributed by atoms with E-state index >= 15 is 0 Å². The van der Waals surface area contributed by atoms with Gasteiger partial charge >= 0.3 is 36.6 Å². The lowest BCUT2D eigenvalue weighted by Crippen LogP contribution is -2.50. The number of guanidine groups is 3. The molecule has 0 saturated carbocycles. The minimum Gasteiger partial charge on any atom is -0.491 e. The summed E-state index contributed by atoms with van der Waals surface area (Å²) in [6, 6.07) is 11.2. The van der Waals surface area contributed by atoms with Gasteiger partial charge in [-0.2, -0.15) is 5.26 Å². The van der Waals surface area contributed by atoms with E-state index in [0.717, 1.165) is 14.7 Å². The normalized spacial score (nSPS) is 11.8. The quantitative estimate of drug-likeness (QED) is 0.0618. The Labute approximate surface area is 450 Å². The minimum atomic E-state index is -1.04. The summed E-state index contributed by atoms with van der Waals surface area (Å²) in [6.45, 7) is 26.8. The molecule has 6 N–H and O–H groups in total. The van der Waals surface area contributed by atoms with Crippen LogP contribution in [0.2, 0.25) is 0 Å². The third-order valence-corrected chi connectivity index (χ3v) is 8.59. The number of carbonyl (C=O) groups excluding carboxylic acids is 6. The summed E-state index contributed by atoms with van der Waals surface area (Å²) in [7, 11) is 0. The molecular weight excluding hydrogens is 1000 g/mol. The Hall–Kier alpha value is -8.04. The predicted octanol–water partition coefficient (Wildman–Crippen LogP) is 9.45. The topological polar surface area (TPSA) is 327 Å². The number of amides is 6. The molecule has 0 saturated heterocycles. The summed E-state index contributed by atoms with van der Waals surface area (Å²) in [5.41, 5.74) is -5.28. The van der Waals surface area contributed by atoms with Crippen molar-refractivity contribution in [2.75, 3.05) is 39.5 Å². The van der Waals surface area contributed by atoms with Crippen LogP contribution in [-0.2, 0) is 28.4 Å². The Morgan fingerprint density at radius 3 is 1.10 bits per heavy atom. The summed E-state index contributed by atoms with van der Waals surface area (Å²) in [4.78, 5) is 81.1. The molecule has 2 rings (SSSR count). The maximum absolute atomic E-state index is 13.6. The van der Waals surface area contributed by atoms with E-state index in [9.17, 15) is 34.0 Å². The number of nitriles is 1. The molecule has 6 amide bonds. The second-order valence-corrected chi connectivity index (χ2v) is 22.8. The highest BCUT2D eigenvalue weighted by atomic mass is 16.6. The molecule has 0 fully saturated rings. The molecule has 0 unspecified atom stereocenters. The fourth-order valence-corrected chi connectivity index (χ4v) is 5.90. The van der Waals surface area contributed by atoms with Crippen LogP contribution in [0, 0.1) is 27.6 Å². The van der Waals surface area contributed by atoms with Crippen molar-refractivity contribution in [2.45, 2.75) is 158 Å². The Balaban J connectivity index is 2.78. The van der Waals surface area contributed by atoms with E-state index in [-0.39, 0.29) is 53.7 Å². The van der Waals surface area contributed by atoms with Crippen LogP contribution in [0.15, 0.2) is 36.4 Å². The molecule has 0 aromatic heterocycles. The second kappa shape index (κ2) is 26.6. The molecule has 0 radical (unpaired) electrons. The molecular formula is C52H78N10O15. The van der Waals surface area contributed by atoms with Gasteiger partial charge in [0.2, 0.25) is 17.9 Å². The molecule has 77 heavy (non-hydrogen) atoms. The average Bonchev–Trinajstić information content (AvgIpc) is 3.21. The van der Waals surface area contributed by atoms with Crippen molar-refractivity contribution in [3.63, 3.8) is 0 Å². The van der Waals surface area contributed by atoms with Gasteiger partial charge in [-0.1, -0.05) is 12.1 Å².